The van der Waals surface area contributed by atoms with Gasteiger partial charge in [0.2, 0.25) is 5.91 Å². The molecule has 6 nitrogen and oxygen atoms in total. The predicted octanol–water partition coefficient (Wildman–Crippen LogP) is 3.40. The second-order valence-electron chi connectivity index (χ2n) is 6.62. The van der Waals surface area contributed by atoms with E-state index < -0.39 is 5.92 Å². The maximum absolute atomic E-state index is 13.9. The molecular weight excluding hydrogens is 333 g/mol. The molecule has 3 aromatic rings. The fraction of sp³-hybridized carbons (Fsp3) is 0.263. The summed E-state index contributed by atoms with van der Waals surface area (Å²) in [5.41, 5.74) is 1.30. The molecule has 1 aromatic carbocycles. The lowest BCUT2D eigenvalue weighted by Crippen LogP contribution is -2.25. The van der Waals surface area contributed by atoms with Gasteiger partial charge in [-0.1, -0.05) is 19.9 Å². The summed E-state index contributed by atoms with van der Waals surface area (Å²) in [5, 5.41) is 7.39. The summed E-state index contributed by atoms with van der Waals surface area (Å²) in [6.45, 7) is 4.01. The van der Waals surface area contributed by atoms with Crippen molar-refractivity contribution in [1.29, 1.82) is 0 Å². The van der Waals surface area contributed by atoms with Gasteiger partial charge in [0.05, 0.1) is 5.92 Å². The van der Waals surface area contributed by atoms with Gasteiger partial charge in [-0.2, -0.15) is 4.68 Å². The van der Waals surface area contributed by atoms with Gasteiger partial charge in [-0.15, -0.1) is 5.10 Å². The molecule has 26 heavy (non-hydrogen) atoms. The van der Waals surface area contributed by atoms with Gasteiger partial charge < -0.3 is 5.32 Å². The number of aromatic nitrogens is 4. The molecule has 0 fully saturated rings. The number of anilines is 1. The minimum Gasteiger partial charge on any atom is -0.326 e. The van der Waals surface area contributed by atoms with Gasteiger partial charge in [0, 0.05) is 24.2 Å². The van der Waals surface area contributed by atoms with Crippen LogP contribution in [0.4, 0.5) is 10.1 Å². The number of carbonyl (C=O) groups is 1. The standard InChI is InChI=1S/C19H18FN5O/c1-11(2)18-23-19(25(24-18)16-5-3-4-8-21-16)14-10-17(26)22-15-7-6-12(20)9-13(14)15/h3-9,11,14H,10H2,1-2H3,(H,22,26). The molecule has 2 aromatic heterocycles. The van der Waals surface area contributed by atoms with Gasteiger partial charge in [0.15, 0.2) is 11.6 Å². The van der Waals surface area contributed by atoms with E-state index >= 15 is 0 Å². The van der Waals surface area contributed by atoms with Crippen LogP contribution in [0.3, 0.4) is 0 Å². The first kappa shape index (κ1) is 16.4. The molecule has 1 aliphatic rings. The third kappa shape index (κ3) is 2.85. The van der Waals surface area contributed by atoms with Crippen molar-refractivity contribution < 1.29 is 9.18 Å². The zero-order valence-electron chi connectivity index (χ0n) is 14.5. The summed E-state index contributed by atoms with van der Waals surface area (Å²) >= 11 is 0. The average molecular weight is 351 g/mol. The lowest BCUT2D eigenvalue weighted by Gasteiger charge is -2.25. The van der Waals surface area contributed by atoms with Crippen LogP contribution in [-0.4, -0.2) is 25.7 Å². The van der Waals surface area contributed by atoms with E-state index in [4.69, 9.17) is 0 Å². The molecule has 4 rings (SSSR count). The van der Waals surface area contributed by atoms with Crippen molar-refractivity contribution in [3.05, 3.63) is 65.6 Å². The van der Waals surface area contributed by atoms with E-state index in [1.165, 1.54) is 12.1 Å². The molecule has 7 heteroatoms. The minimum absolute atomic E-state index is 0.114. The van der Waals surface area contributed by atoms with E-state index in [-0.39, 0.29) is 24.1 Å². The Bertz CT molecular complexity index is 967. The fourth-order valence-corrected chi connectivity index (χ4v) is 3.12. The maximum atomic E-state index is 13.9. The Labute approximate surface area is 150 Å². The fourth-order valence-electron chi connectivity index (χ4n) is 3.12. The first-order valence-electron chi connectivity index (χ1n) is 8.50. The highest BCUT2D eigenvalue weighted by atomic mass is 19.1. The maximum Gasteiger partial charge on any atom is 0.225 e. The Balaban J connectivity index is 1.91. The van der Waals surface area contributed by atoms with Crippen LogP contribution in [-0.2, 0) is 4.79 Å². The van der Waals surface area contributed by atoms with E-state index in [1.807, 2.05) is 32.0 Å². The predicted molar refractivity (Wildman–Crippen MR) is 94.7 cm³/mol. The Morgan fingerprint density at radius 2 is 2.12 bits per heavy atom. The molecule has 1 aliphatic heterocycles. The topological polar surface area (TPSA) is 72.7 Å². The zero-order valence-corrected chi connectivity index (χ0v) is 14.5. The highest BCUT2D eigenvalue weighted by Crippen LogP contribution is 2.37. The molecule has 1 N–H and O–H groups in total. The number of hydrogen-bond donors (Lipinski definition) is 1. The van der Waals surface area contributed by atoms with E-state index in [0.29, 0.717) is 28.7 Å². The van der Waals surface area contributed by atoms with Gasteiger partial charge in [-0.05, 0) is 35.9 Å². The molecule has 1 atom stereocenters. The molecule has 0 spiro atoms. The Hall–Kier alpha value is -3.09. The molecule has 0 aliphatic carbocycles. The Kier molecular flexibility index (Phi) is 3.99. The molecule has 0 bridgehead atoms. The van der Waals surface area contributed by atoms with Crippen LogP contribution in [0.2, 0.25) is 0 Å². The van der Waals surface area contributed by atoms with Crippen LogP contribution in [0.5, 0.6) is 0 Å². The van der Waals surface area contributed by atoms with Gasteiger partial charge >= 0.3 is 0 Å². The van der Waals surface area contributed by atoms with Gasteiger partial charge in [0.1, 0.15) is 11.6 Å². The van der Waals surface area contributed by atoms with E-state index in [9.17, 15) is 9.18 Å². The first-order chi connectivity index (χ1) is 12.5. The number of pyridine rings is 1. The first-order valence-corrected chi connectivity index (χ1v) is 8.50. The molecule has 1 amide bonds. The molecule has 0 radical (unpaired) electrons. The van der Waals surface area contributed by atoms with Crippen LogP contribution in [0, 0.1) is 5.82 Å². The summed E-state index contributed by atoms with van der Waals surface area (Å²) in [5.74, 6) is 1.11. The smallest absolute Gasteiger partial charge is 0.225 e. The number of amides is 1. The summed E-state index contributed by atoms with van der Waals surface area (Å²) < 4.78 is 15.5. The van der Waals surface area contributed by atoms with E-state index in [0.717, 1.165) is 0 Å². The number of carbonyl (C=O) groups excluding carboxylic acids is 1. The summed E-state index contributed by atoms with van der Waals surface area (Å²) in [7, 11) is 0. The van der Waals surface area contributed by atoms with Crippen molar-refractivity contribution in [2.24, 2.45) is 0 Å². The Morgan fingerprint density at radius 1 is 1.27 bits per heavy atom. The molecule has 132 valence electrons. The number of halogens is 1. The molecule has 0 saturated heterocycles. The van der Waals surface area contributed by atoms with Gasteiger partial charge in [0.25, 0.3) is 0 Å². The van der Waals surface area contributed by atoms with Crippen LogP contribution in [0.1, 0.15) is 49.3 Å². The molecule has 3 heterocycles. The third-order valence-electron chi connectivity index (χ3n) is 4.40. The summed E-state index contributed by atoms with van der Waals surface area (Å²) in [6.07, 6.45) is 1.86. The van der Waals surface area contributed by atoms with Crippen molar-refractivity contribution in [1.82, 2.24) is 19.7 Å². The van der Waals surface area contributed by atoms with Crippen molar-refractivity contribution in [2.75, 3.05) is 5.32 Å². The number of rotatable bonds is 3. The van der Waals surface area contributed by atoms with Crippen molar-refractivity contribution in [3.63, 3.8) is 0 Å². The van der Waals surface area contributed by atoms with Crippen LogP contribution < -0.4 is 5.32 Å². The molecular formula is C19H18FN5O. The summed E-state index contributed by atoms with van der Waals surface area (Å²) in [4.78, 5) is 21.2. The van der Waals surface area contributed by atoms with E-state index in [1.54, 1.807) is 16.9 Å². The van der Waals surface area contributed by atoms with Crippen molar-refractivity contribution in [3.8, 4) is 5.82 Å². The number of fused-ring (bicyclic) bond motifs is 1. The van der Waals surface area contributed by atoms with Crippen molar-refractivity contribution in [2.45, 2.75) is 32.1 Å². The molecule has 0 saturated carbocycles. The lowest BCUT2D eigenvalue weighted by atomic mass is 9.89. The van der Waals surface area contributed by atoms with Crippen LogP contribution in [0.25, 0.3) is 5.82 Å². The minimum atomic E-state index is -0.392. The number of hydrogen-bond acceptors (Lipinski definition) is 4. The van der Waals surface area contributed by atoms with Crippen LogP contribution in [0.15, 0.2) is 42.6 Å². The second kappa shape index (κ2) is 6.33. The lowest BCUT2D eigenvalue weighted by molar-refractivity contribution is -0.116. The quantitative estimate of drug-likeness (QED) is 0.785. The monoisotopic (exact) mass is 351 g/mol. The Morgan fingerprint density at radius 3 is 2.85 bits per heavy atom. The summed E-state index contributed by atoms with van der Waals surface area (Å²) in [6, 6.07) is 9.89. The average Bonchev–Trinajstić information content (AvgIpc) is 3.08. The normalized spacial score (nSPS) is 16.5. The molecule has 1 unspecified atom stereocenters. The van der Waals surface area contributed by atoms with Gasteiger partial charge in [-0.25, -0.2) is 14.4 Å². The SMILES string of the molecule is CC(C)c1nc(C2CC(=O)Nc3ccc(F)cc32)n(-c2ccccn2)n1. The highest BCUT2D eigenvalue weighted by Gasteiger charge is 2.32. The second-order valence-corrected chi connectivity index (χ2v) is 6.62. The van der Waals surface area contributed by atoms with Crippen LogP contribution >= 0.6 is 0 Å². The van der Waals surface area contributed by atoms with Crippen molar-refractivity contribution >= 4 is 11.6 Å². The van der Waals surface area contributed by atoms with Gasteiger partial charge in [-0.3, -0.25) is 4.79 Å². The number of nitrogens with one attached hydrogen (secondary N) is 1. The number of nitrogens with zero attached hydrogens (tertiary/aromatic N) is 4. The zero-order chi connectivity index (χ0) is 18.3. The number of benzene rings is 1. The largest absolute Gasteiger partial charge is 0.326 e. The third-order valence-corrected chi connectivity index (χ3v) is 4.40. The highest BCUT2D eigenvalue weighted by molar-refractivity contribution is 5.95. The van der Waals surface area contributed by atoms with E-state index in [2.05, 4.69) is 20.4 Å².